The summed E-state index contributed by atoms with van der Waals surface area (Å²) in [5, 5.41) is 11.5. The Balaban J connectivity index is 2.54. The Kier molecular flexibility index (Phi) is 51.9. The van der Waals surface area contributed by atoms with Gasteiger partial charge in [-0.25, -0.2) is 0 Å². The van der Waals surface area contributed by atoms with Crippen molar-refractivity contribution in [3.05, 3.63) is 17.7 Å². The molecule has 1 aromatic rings. The second kappa shape index (κ2) is 54.8. The smallest absolute Gasteiger partial charge is 0.203 e. The van der Waals surface area contributed by atoms with Crippen LogP contribution in [0.2, 0.25) is 0 Å². The minimum Gasteiger partial charge on any atom is -0.490 e. The highest BCUT2D eigenvalue weighted by Gasteiger charge is 2.16. The Morgan fingerprint density at radius 1 is 0.324 bits per heavy atom. The van der Waals surface area contributed by atoms with E-state index >= 15 is 0 Å². The van der Waals surface area contributed by atoms with Gasteiger partial charge in [0.1, 0.15) is 5.40 Å². The molecule has 0 bridgehead atoms. The number of rotatable bonds is 57. The first-order valence-corrected chi connectivity index (χ1v) is 31.8. The topological polar surface area (TPSA) is 51.5 Å². The third-order valence-corrected chi connectivity index (χ3v) is 14.9. The van der Waals surface area contributed by atoms with Crippen LogP contribution in [0.3, 0.4) is 0 Å². The lowest BCUT2D eigenvalue weighted by atomic mass is 10.0. The summed E-state index contributed by atoms with van der Waals surface area (Å²) in [4.78, 5) is 0. The molecule has 5 heteroatoms. The third-order valence-electron chi connectivity index (χ3n) is 14.4. The van der Waals surface area contributed by atoms with Crippen LogP contribution >= 0.6 is 11.8 Å². The first-order valence-electron chi connectivity index (χ1n) is 30.8. The molecule has 1 aromatic carbocycles. The van der Waals surface area contributed by atoms with Crippen LogP contribution in [-0.2, 0) is 6.42 Å². The molecule has 0 aliphatic carbocycles. The highest BCUT2D eigenvalue weighted by atomic mass is 32.2. The van der Waals surface area contributed by atoms with Crippen LogP contribution in [0.1, 0.15) is 335 Å². The van der Waals surface area contributed by atoms with E-state index in [0.29, 0.717) is 19.8 Å². The van der Waals surface area contributed by atoms with Gasteiger partial charge in [0.2, 0.25) is 5.75 Å². The molecule has 0 aliphatic rings. The molecule has 398 valence electrons. The number of hydrogen-bond acceptors (Lipinski definition) is 5. The van der Waals surface area contributed by atoms with Crippen molar-refractivity contribution in [3.8, 4) is 22.6 Å². The molecule has 0 fully saturated rings. The molecule has 68 heavy (non-hydrogen) atoms. The molecular formula is C63H117NO3S. The van der Waals surface area contributed by atoms with Gasteiger partial charge in [0.05, 0.1) is 19.8 Å². The van der Waals surface area contributed by atoms with Crippen molar-refractivity contribution >= 4 is 11.8 Å². The SMILES string of the molecule is CCCCCCCCCCCCCCCCCCOc1cc(CCSC#N)cc(OCCCCCCCCCCCCCCCCCC)c1OCCCCCCCCCCCCCCCCCC. The maximum absolute atomic E-state index is 9.25. The average molecular weight is 969 g/mol. The zero-order valence-electron chi connectivity index (χ0n) is 46.2. The van der Waals surface area contributed by atoms with Crippen molar-refractivity contribution < 1.29 is 14.2 Å². The standard InChI is InChI=1S/C63H117NO3S/c1-4-7-10-13-16-19-22-25-28-31-34-37-40-43-46-49-53-65-61-57-60(52-56-68-59-64)58-62(66-54-50-47-44-41-38-35-32-29-26-23-20-17-14-11-8-5-2)63(61)67-55-51-48-45-42-39-36-33-30-27-24-21-18-15-12-9-6-3/h57-58H,4-56H2,1-3H3. The van der Waals surface area contributed by atoms with Crippen LogP contribution in [0.25, 0.3) is 0 Å². The summed E-state index contributed by atoms with van der Waals surface area (Å²) in [6.45, 7) is 9.03. The Hall–Kier alpha value is -1.54. The van der Waals surface area contributed by atoms with Gasteiger partial charge in [-0.1, -0.05) is 310 Å². The number of thioether (sulfide) groups is 1. The Morgan fingerprint density at radius 2 is 0.544 bits per heavy atom. The van der Waals surface area contributed by atoms with Crippen LogP contribution in [0.4, 0.5) is 0 Å². The molecule has 0 atom stereocenters. The van der Waals surface area contributed by atoms with E-state index in [0.717, 1.165) is 48.7 Å². The fourth-order valence-corrected chi connectivity index (χ4v) is 10.3. The van der Waals surface area contributed by atoms with E-state index in [-0.39, 0.29) is 0 Å². The van der Waals surface area contributed by atoms with E-state index in [1.54, 1.807) is 0 Å². The normalized spacial score (nSPS) is 11.4. The number of thiocyanates is 1. The van der Waals surface area contributed by atoms with Crippen LogP contribution in [0, 0.1) is 10.7 Å². The van der Waals surface area contributed by atoms with Gasteiger partial charge in [-0.2, -0.15) is 5.26 Å². The average Bonchev–Trinajstić information content (AvgIpc) is 3.35. The maximum Gasteiger partial charge on any atom is 0.203 e. The second-order valence-corrected chi connectivity index (χ2v) is 21.9. The summed E-state index contributed by atoms with van der Waals surface area (Å²) in [6.07, 6.45) is 66.6. The summed E-state index contributed by atoms with van der Waals surface area (Å²) in [6, 6.07) is 4.35. The molecule has 0 amide bonds. The first kappa shape index (κ1) is 64.5. The quantitative estimate of drug-likeness (QED) is 0.0481. The summed E-state index contributed by atoms with van der Waals surface area (Å²) in [5.41, 5.74) is 1.17. The molecule has 0 saturated carbocycles. The predicted molar refractivity (Wildman–Crippen MR) is 303 cm³/mol. The Morgan fingerprint density at radius 3 is 0.779 bits per heavy atom. The Bertz CT molecular complexity index is 1120. The van der Waals surface area contributed by atoms with E-state index < -0.39 is 0 Å². The fourth-order valence-electron chi connectivity index (χ4n) is 9.84. The van der Waals surface area contributed by atoms with E-state index in [4.69, 9.17) is 14.2 Å². The van der Waals surface area contributed by atoms with Crippen LogP contribution in [-0.4, -0.2) is 25.6 Å². The maximum atomic E-state index is 9.25. The summed E-state index contributed by atoms with van der Waals surface area (Å²) >= 11 is 1.33. The highest BCUT2D eigenvalue weighted by Crippen LogP contribution is 2.40. The molecule has 1 rings (SSSR count). The van der Waals surface area contributed by atoms with Crippen molar-refractivity contribution in [1.82, 2.24) is 0 Å². The van der Waals surface area contributed by atoms with Gasteiger partial charge in [0.25, 0.3) is 0 Å². The minimum absolute atomic E-state index is 0.701. The van der Waals surface area contributed by atoms with E-state index in [9.17, 15) is 5.26 Å². The third kappa shape index (κ3) is 44.4. The van der Waals surface area contributed by atoms with Crippen LogP contribution in [0.15, 0.2) is 12.1 Å². The van der Waals surface area contributed by atoms with Gasteiger partial charge < -0.3 is 14.2 Å². The molecular weight excluding hydrogens is 851 g/mol. The lowest BCUT2D eigenvalue weighted by Gasteiger charge is -2.19. The summed E-state index contributed by atoms with van der Waals surface area (Å²) in [5.74, 6) is 3.25. The molecule has 0 spiro atoms. The molecule has 0 aliphatic heterocycles. The van der Waals surface area contributed by atoms with Gasteiger partial charge in [0.15, 0.2) is 11.5 Å². The number of ether oxygens (including phenoxy) is 3. The summed E-state index contributed by atoms with van der Waals surface area (Å²) < 4.78 is 19.8. The van der Waals surface area contributed by atoms with Crippen molar-refractivity contribution in [2.75, 3.05) is 25.6 Å². The fraction of sp³-hybridized carbons (Fsp3) is 0.889. The van der Waals surface area contributed by atoms with Gasteiger partial charge in [-0.3, -0.25) is 0 Å². The molecule has 0 heterocycles. The molecule has 0 saturated heterocycles. The van der Waals surface area contributed by atoms with Crippen molar-refractivity contribution in [2.45, 2.75) is 335 Å². The minimum atomic E-state index is 0.701. The molecule has 0 aromatic heterocycles. The lowest BCUT2D eigenvalue weighted by molar-refractivity contribution is 0.234. The monoisotopic (exact) mass is 968 g/mol. The van der Waals surface area contributed by atoms with Crippen molar-refractivity contribution in [1.29, 1.82) is 5.26 Å². The van der Waals surface area contributed by atoms with Crippen LogP contribution in [0.5, 0.6) is 17.2 Å². The zero-order chi connectivity index (χ0) is 48.7. The molecule has 0 radical (unpaired) electrons. The van der Waals surface area contributed by atoms with Crippen molar-refractivity contribution in [3.63, 3.8) is 0 Å². The van der Waals surface area contributed by atoms with Gasteiger partial charge >= 0.3 is 0 Å². The van der Waals surface area contributed by atoms with Crippen molar-refractivity contribution in [2.24, 2.45) is 0 Å². The lowest BCUT2D eigenvalue weighted by Crippen LogP contribution is -2.07. The number of hydrogen-bond donors (Lipinski definition) is 0. The largest absolute Gasteiger partial charge is 0.490 e. The summed E-state index contributed by atoms with van der Waals surface area (Å²) in [7, 11) is 0. The number of aryl methyl sites for hydroxylation is 1. The molecule has 4 nitrogen and oxygen atoms in total. The zero-order valence-corrected chi connectivity index (χ0v) is 47.0. The Labute approximate surface area is 430 Å². The highest BCUT2D eigenvalue weighted by molar-refractivity contribution is 8.03. The number of nitrogens with zero attached hydrogens (tertiary/aromatic N) is 1. The second-order valence-electron chi connectivity index (χ2n) is 21.1. The van der Waals surface area contributed by atoms with Gasteiger partial charge in [-0.05, 0) is 55.1 Å². The van der Waals surface area contributed by atoms with Crippen LogP contribution < -0.4 is 14.2 Å². The number of benzene rings is 1. The van der Waals surface area contributed by atoms with E-state index in [1.807, 2.05) is 0 Å². The van der Waals surface area contributed by atoms with E-state index in [1.165, 1.54) is 306 Å². The first-order chi connectivity index (χ1) is 33.8. The molecule has 0 N–H and O–H groups in total. The molecule has 0 unspecified atom stereocenters. The number of nitriles is 1. The predicted octanol–water partition coefficient (Wildman–Crippen LogP) is 22.4. The number of unbranched alkanes of at least 4 members (excludes halogenated alkanes) is 45. The van der Waals surface area contributed by atoms with E-state index in [2.05, 4.69) is 38.3 Å². The van der Waals surface area contributed by atoms with Gasteiger partial charge in [0, 0.05) is 5.75 Å². The van der Waals surface area contributed by atoms with Gasteiger partial charge in [-0.15, -0.1) is 0 Å².